The molecule has 0 spiro atoms. The Hall–Kier alpha value is -1.54. The second kappa shape index (κ2) is 5.62. The number of rotatable bonds is 4. The van der Waals surface area contributed by atoms with Gasteiger partial charge in [0, 0.05) is 0 Å². The summed E-state index contributed by atoms with van der Waals surface area (Å²) in [6, 6.07) is 8.22. The van der Waals surface area contributed by atoms with Gasteiger partial charge in [-0.25, -0.2) is 8.42 Å². The number of nitriles is 1. The fourth-order valence-corrected chi connectivity index (χ4v) is 4.33. The second-order valence-corrected chi connectivity index (χ2v) is 6.88. The minimum atomic E-state index is -3.58. The monoisotopic (exact) mass is 279 g/mol. The first-order valence-electron chi connectivity index (χ1n) is 6.37. The van der Waals surface area contributed by atoms with Gasteiger partial charge in [0.2, 0.25) is 0 Å². The minimum Gasteiger partial charge on any atom is -0.497 e. The molecule has 0 bridgehead atoms. The SMILES string of the molecule is COc1ccc(S(=O)(=O)C(C#N)C2CCCC2)cc1. The van der Waals surface area contributed by atoms with E-state index in [0.29, 0.717) is 5.75 Å². The van der Waals surface area contributed by atoms with Gasteiger partial charge < -0.3 is 4.74 Å². The van der Waals surface area contributed by atoms with Crippen molar-refractivity contribution < 1.29 is 13.2 Å². The van der Waals surface area contributed by atoms with E-state index in [1.54, 1.807) is 12.1 Å². The summed E-state index contributed by atoms with van der Waals surface area (Å²) in [4.78, 5) is 0.201. The van der Waals surface area contributed by atoms with Gasteiger partial charge in [0.1, 0.15) is 5.75 Å². The van der Waals surface area contributed by atoms with Crippen LogP contribution in [0.5, 0.6) is 5.75 Å². The van der Waals surface area contributed by atoms with Crippen LogP contribution in [0, 0.1) is 17.2 Å². The van der Waals surface area contributed by atoms with E-state index in [9.17, 15) is 13.7 Å². The summed E-state index contributed by atoms with van der Waals surface area (Å²) in [6.45, 7) is 0. The maximum Gasteiger partial charge on any atom is 0.194 e. The number of methoxy groups -OCH3 is 1. The van der Waals surface area contributed by atoms with Gasteiger partial charge >= 0.3 is 0 Å². The lowest BCUT2D eigenvalue weighted by atomic mass is 10.1. The molecule has 102 valence electrons. The van der Waals surface area contributed by atoms with Gasteiger partial charge in [0.05, 0.1) is 18.1 Å². The molecule has 4 nitrogen and oxygen atoms in total. The topological polar surface area (TPSA) is 67.2 Å². The zero-order valence-corrected chi connectivity index (χ0v) is 11.7. The van der Waals surface area contributed by atoms with Crippen molar-refractivity contribution >= 4 is 9.84 Å². The molecule has 5 heteroatoms. The van der Waals surface area contributed by atoms with Crippen LogP contribution in [0.25, 0.3) is 0 Å². The molecule has 0 saturated heterocycles. The van der Waals surface area contributed by atoms with Gasteiger partial charge in [-0.3, -0.25) is 0 Å². The second-order valence-electron chi connectivity index (χ2n) is 4.81. The number of nitrogens with zero attached hydrogens (tertiary/aromatic N) is 1. The third-order valence-electron chi connectivity index (χ3n) is 3.68. The van der Waals surface area contributed by atoms with Crippen LogP contribution in [-0.2, 0) is 9.84 Å². The van der Waals surface area contributed by atoms with Gasteiger partial charge in [0.15, 0.2) is 15.1 Å². The largest absolute Gasteiger partial charge is 0.497 e. The van der Waals surface area contributed by atoms with E-state index in [4.69, 9.17) is 4.74 Å². The molecule has 1 aliphatic rings. The molecule has 0 radical (unpaired) electrons. The molecular formula is C14H17NO3S. The van der Waals surface area contributed by atoms with Crippen LogP contribution < -0.4 is 4.74 Å². The van der Waals surface area contributed by atoms with Gasteiger partial charge in [-0.2, -0.15) is 5.26 Å². The molecule has 1 fully saturated rings. The Morgan fingerprint density at radius 2 is 1.84 bits per heavy atom. The molecule has 0 amide bonds. The van der Waals surface area contributed by atoms with Gasteiger partial charge in [-0.05, 0) is 43.0 Å². The van der Waals surface area contributed by atoms with Crippen LogP contribution in [0.4, 0.5) is 0 Å². The number of hydrogen-bond acceptors (Lipinski definition) is 4. The van der Waals surface area contributed by atoms with E-state index < -0.39 is 15.1 Å². The van der Waals surface area contributed by atoms with Crippen molar-refractivity contribution in [2.24, 2.45) is 5.92 Å². The number of benzene rings is 1. The van der Waals surface area contributed by atoms with Crippen molar-refractivity contribution in [3.8, 4) is 11.8 Å². The van der Waals surface area contributed by atoms with Crippen molar-refractivity contribution in [1.29, 1.82) is 5.26 Å². The van der Waals surface area contributed by atoms with Crippen molar-refractivity contribution in [2.75, 3.05) is 7.11 Å². The van der Waals surface area contributed by atoms with E-state index >= 15 is 0 Å². The van der Waals surface area contributed by atoms with E-state index in [1.807, 2.05) is 6.07 Å². The van der Waals surface area contributed by atoms with Crippen LogP contribution in [0.1, 0.15) is 25.7 Å². The third kappa shape index (κ3) is 2.74. The summed E-state index contributed by atoms with van der Waals surface area (Å²) in [7, 11) is -2.05. The van der Waals surface area contributed by atoms with Gasteiger partial charge in [0.25, 0.3) is 0 Å². The summed E-state index contributed by atoms with van der Waals surface area (Å²) in [5, 5.41) is 8.30. The summed E-state index contributed by atoms with van der Waals surface area (Å²) in [5.41, 5.74) is 0. The predicted octanol–water partition coefficient (Wildman–Crippen LogP) is 2.55. The molecule has 0 aliphatic heterocycles. The van der Waals surface area contributed by atoms with Crippen molar-refractivity contribution in [2.45, 2.75) is 35.8 Å². The maximum atomic E-state index is 12.5. The summed E-state index contributed by atoms with van der Waals surface area (Å²) in [5.74, 6) is 0.574. The fraction of sp³-hybridized carbons (Fsp3) is 0.500. The number of hydrogen-bond donors (Lipinski definition) is 0. The average molecular weight is 279 g/mol. The Balaban J connectivity index is 2.31. The minimum absolute atomic E-state index is 0.0305. The smallest absolute Gasteiger partial charge is 0.194 e. The number of ether oxygens (including phenoxy) is 1. The van der Waals surface area contributed by atoms with Crippen LogP contribution in [0.2, 0.25) is 0 Å². The lowest BCUT2D eigenvalue weighted by Crippen LogP contribution is -2.27. The van der Waals surface area contributed by atoms with E-state index in [1.165, 1.54) is 19.2 Å². The van der Waals surface area contributed by atoms with E-state index in [-0.39, 0.29) is 10.8 Å². The van der Waals surface area contributed by atoms with Crippen LogP contribution in [0.3, 0.4) is 0 Å². The molecule has 1 atom stereocenters. The molecule has 1 aromatic carbocycles. The van der Waals surface area contributed by atoms with Crippen LogP contribution in [-0.4, -0.2) is 20.8 Å². The summed E-state index contributed by atoms with van der Waals surface area (Å²) >= 11 is 0. The highest BCUT2D eigenvalue weighted by Crippen LogP contribution is 2.33. The average Bonchev–Trinajstić information content (AvgIpc) is 2.93. The predicted molar refractivity (Wildman–Crippen MR) is 71.5 cm³/mol. The Morgan fingerprint density at radius 1 is 1.26 bits per heavy atom. The summed E-state index contributed by atoms with van der Waals surface area (Å²) < 4.78 is 30.0. The maximum absolute atomic E-state index is 12.5. The highest BCUT2D eigenvalue weighted by molar-refractivity contribution is 7.92. The Labute approximate surface area is 113 Å². The van der Waals surface area contributed by atoms with Crippen molar-refractivity contribution in [3.05, 3.63) is 24.3 Å². The van der Waals surface area contributed by atoms with Crippen molar-refractivity contribution in [1.82, 2.24) is 0 Å². The molecular weight excluding hydrogens is 262 g/mol. The van der Waals surface area contributed by atoms with E-state index in [2.05, 4.69) is 0 Å². The first-order valence-corrected chi connectivity index (χ1v) is 7.92. The van der Waals surface area contributed by atoms with Gasteiger partial charge in [-0.15, -0.1) is 0 Å². The molecule has 1 saturated carbocycles. The van der Waals surface area contributed by atoms with Crippen molar-refractivity contribution in [3.63, 3.8) is 0 Å². The Bertz CT molecular complexity index is 566. The Kier molecular flexibility index (Phi) is 4.11. The van der Waals surface area contributed by atoms with Crippen LogP contribution >= 0.6 is 0 Å². The highest BCUT2D eigenvalue weighted by atomic mass is 32.2. The molecule has 0 heterocycles. The zero-order chi connectivity index (χ0) is 13.9. The highest BCUT2D eigenvalue weighted by Gasteiger charge is 2.36. The number of sulfone groups is 1. The molecule has 2 rings (SSSR count). The molecule has 1 unspecified atom stereocenters. The normalized spacial score (nSPS) is 17.9. The first kappa shape index (κ1) is 13.9. The molecule has 19 heavy (non-hydrogen) atoms. The fourth-order valence-electron chi connectivity index (χ4n) is 2.60. The first-order chi connectivity index (χ1) is 9.09. The molecule has 1 aliphatic carbocycles. The molecule has 1 aromatic rings. The Morgan fingerprint density at radius 3 is 2.32 bits per heavy atom. The third-order valence-corrected chi connectivity index (χ3v) is 5.77. The lowest BCUT2D eigenvalue weighted by Gasteiger charge is -2.17. The molecule has 0 aromatic heterocycles. The summed E-state index contributed by atoms with van der Waals surface area (Å²) in [6.07, 6.45) is 3.68. The lowest BCUT2D eigenvalue weighted by molar-refractivity contribution is 0.414. The zero-order valence-electron chi connectivity index (χ0n) is 10.9. The van der Waals surface area contributed by atoms with E-state index in [0.717, 1.165) is 25.7 Å². The van der Waals surface area contributed by atoms with Gasteiger partial charge in [-0.1, -0.05) is 12.8 Å². The van der Waals surface area contributed by atoms with Crippen LogP contribution in [0.15, 0.2) is 29.2 Å². The quantitative estimate of drug-likeness (QED) is 0.849. The standard InChI is InChI=1S/C14H17NO3S/c1-18-12-6-8-13(9-7-12)19(16,17)14(10-15)11-4-2-3-5-11/h6-9,11,14H,2-5H2,1H3. The molecule has 0 N–H and O–H groups in total.